The zero-order valence-electron chi connectivity index (χ0n) is 11.2. The standard InChI is InChI=1S/C14H27NO2/c1-11-7-12(2)9-14(16,8-11)13(10-15)3-5-17-6-4-13/h11-12,16H,3-10,15H2,1-2H3. The van der Waals surface area contributed by atoms with Gasteiger partial charge >= 0.3 is 0 Å². The molecule has 1 aliphatic carbocycles. The number of aliphatic hydroxyl groups is 1. The van der Waals surface area contributed by atoms with Crippen molar-refractivity contribution in [2.75, 3.05) is 19.8 Å². The lowest BCUT2D eigenvalue weighted by molar-refractivity contribution is -0.161. The molecule has 1 saturated heterocycles. The molecule has 0 amide bonds. The summed E-state index contributed by atoms with van der Waals surface area (Å²) < 4.78 is 5.45. The van der Waals surface area contributed by atoms with Crippen LogP contribution in [0.4, 0.5) is 0 Å². The molecule has 2 fully saturated rings. The van der Waals surface area contributed by atoms with Gasteiger partial charge in [-0.05, 0) is 43.9 Å². The maximum absolute atomic E-state index is 11.2. The van der Waals surface area contributed by atoms with E-state index in [1.165, 1.54) is 6.42 Å². The summed E-state index contributed by atoms with van der Waals surface area (Å²) in [5.74, 6) is 1.21. The van der Waals surface area contributed by atoms with E-state index in [2.05, 4.69) is 13.8 Å². The second kappa shape index (κ2) is 4.87. The molecule has 3 N–H and O–H groups in total. The Labute approximate surface area is 105 Å². The summed E-state index contributed by atoms with van der Waals surface area (Å²) in [6.07, 6.45) is 4.89. The molecular weight excluding hydrogens is 214 g/mol. The number of ether oxygens (including phenoxy) is 1. The van der Waals surface area contributed by atoms with Gasteiger partial charge in [0.2, 0.25) is 0 Å². The van der Waals surface area contributed by atoms with Gasteiger partial charge in [0, 0.05) is 25.2 Å². The van der Waals surface area contributed by atoms with Crippen LogP contribution in [0.15, 0.2) is 0 Å². The third kappa shape index (κ3) is 2.38. The van der Waals surface area contributed by atoms with E-state index in [1.54, 1.807) is 0 Å². The molecule has 1 saturated carbocycles. The van der Waals surface area contributed by atoms with Gasteiger partial charge in [0.25, 0.3) is 0 Å². The molecule has 1 heterocycles. The van der Waals surface area contributed by atoms with Crippen molar-refractivity contribution >= 4 is 0 Å². The van der Waals surface area contributed by atoms with Crippen LogP contribution < -0.4 is 5.73 Å². The molecule has 0 bridgehead atoms. The minimum atomic E-state index is -0.567. The first-order chi connectivity index (χ1) is 8.01. The number of hydrogen-bond acceptors (Lipinski definition) is 3. The lowest BCUT2D eigenvalue weighted by Crippen LogP contribution is -2.58. The van der Waals surface area contributed by atoms with Crippen molar-refractivity contribution in [3.05, 3.63) is 0 Å². The Hall–Kier alpha value is -0.120. The van der Waals surface area contributed by atoms with E-state index in [0.717, 1.165) is 38.9 Å². The zero-order valence-corrected chi connectivity index (χ0v) is 11.2. The predicted octanol–water partition coefficient (Wildman–Crippen LogP) is 1.93. The van der Waals surface area contributed by atoms with E-state index in [9.17, 15) is 5.11 Å². The fraction of sp³-hybridized carbons (Fsp3) is 1.00. The smallest absolute Gasteiger partial charge is 0.0722 e. The molecule has 0 radical (unpaired) electrons. The van der Waals surface area contributed by atoms with Crippen LogP contribution in [0.2, 0.25) is 0 Å². The van der Waals surface area contributed by atoms with E-state index in [0.29, 0.717) is 18.4 Å². The molecule has 17 heavy (non-hydrogen) atoms. The van der Waals surface area contributed by atoms with E-state index in [1.807, 2.05) is 0 Å². The van der Waals surface area contributed by atoms with Crippen molar-refractivity contribution in [1.29, 1.82) is 0 Å². The first kappa shape index (κ1) is 13.3. The van der Waals surface area contributed by atoms with Crippen LogP contribution in [0.25, 0.3) is 0 Å². The number of nitrogens with two attached hydrogens (primary N) is 1. The topological polar surface area (TPSA) is 55.5 Å². The van der Waals surface area contributed by atoms with Crippen LogP contribution in [0, 0.1) is 17.3 Å². The average Bonchev–Trinajstić information content (AvgIpc) is 2.28. The number of hydrogen-bond donors (Lipinski definition) is 2. The van der Waals surface area contributed by atoms with E-state index in [-0.39, 0.29) is 5.41 Å². The van der Waals surface area contributed by atoms with Crippen molar-refractivity contribution in [1.82, 2.24) is 0 Å². The molecule has 3 nitrogen and oxygen atoms in total. The summed E-state index contributed by atoms with van der Waals surface area (Å²) in [6.45, 7) is 6.60. The monoisotopic (exact) mass is 241 g/mol. The van der Waals surface area contributed by atoms with E-state index >= 15 is 0 Å². The Morgan fingerprint density at radius 1 is 1.18 bits per heavy atom. The maximum Gasteiger partial charge on any atom is 0.0722 e. The highest BCUT2D eigenvalue weighted by Gasteiger charge is 2.52. The maximum atomic E-state index is 11.2. The first-order valence-corrected chi connectivity index (χ1v) is 7.01. The molecule has 3 heteroatoms. The van der Waals surface area contributed by atoms with Gasteiger partial charge in [-0.2, -0.15) is 0 Å². The summed E-state index contributed by atoms with van der Waals surface area (Å²) in [6, 6.07) is 0. The number of rotatable bonds is 2. The Morgan fingerprint density at radius 2 is 1.71 bits per heavy atom. The van der Waals surface area contributed by atoms with Crippen LogP contribution in [-0.2, 0) is 4.74 Å². The Morgan fingerprint density at radius 3 is 2.18 bits per heavy atom. The predicted molar refractivity (Wildman–Crippen MR) is 68.7 cm³/mol. The summed E-state index contributed by atoms with van der Waals surface area (Å²) in [5.41, 5.74) is 5.36. The molecule has 1 aliphatic heterocycles. The van der Waals surface area contributed by atoms with Gasteiger partial charge < -0.3 is 15.6 Å². The van der Waals surface area contributed by atoms with Crippen molar-refractivity contribution < 1.29 is 9.84 Å². The Balaban J connectivity index is 2.21. The quantitative estimate of drug-likeness (QED) is 0.776. The first-order valence-electron chi connectivity index (χ1n) is 7.01. The molecule has 2 aliphatic rings. The fourth-order valence-corrected chi connectivity index (χ4v) is 4.14. The Bertz CT molecular complexity index is 251. The normalized spacial score (nSPS) is 42.4. The van der Waals surface area contributed by atoms with Gasteiger partial charge in [0.1, 0.15) is 0 Å². The van der Waals surface area contributed by atoms with Crippen LogP contribution >= 0.6 is 0 Å². The van der Waals surface area contributed by atoms with Gasteiger partial charge in [-0.15, -0.1) is 0 Å². The Kier molecular flexibility index (Phi) is 3.81. The molecular formula is C14H27NO2. The van der Waals surface area contributed by atoms with Gasteiger partial charge in [0.15, 0.2) is 0 Å². The highest BCUT2D eigenvalue weighted by atomic mass is 16.5. The molecule has 2 atom stereocenters. The second-order valence-electron chi connectivity index (χ2n) is 6.48. The van der Waals surface area contributed by atoms with Crippen LogP contribution in [0.5, 0.6) is 0 Å². The summed E-state index contributed by atoms with van der Waals surface area (Å²) in [7, 11) is 0. The van der Waals surface area contributed by atoms with E-state index < -0.39 is 5.60 Å². The van der Waals surface area contributed by atoms with Gasteiger partial charge in [-0.25, -0.2) is 0 Å². The van der Waals surface area contributed by atoms with Gasteiger partial charge in [0.05, 0.1) is 5.60 Å². The van der Waals surface area contributed by atoms with Crippen LogP contribution in [0.3, 0.4) is 0 Å². The van der Waals surface area contributed by atoms with Crippen molar-refractivity contribution in [2.24, 2.45) is 23.0 Å². The third-order valence-electron chi connectivity index (χ3n) is 5.00. The molecule has 2 rings (SSSR count). The van der Waals surface area contributed by atoms with Gasteiger partial charge in [-0.1, -0.05) is 13.8 Å². The van der Waals surface area contributed by atoms with Crippen LogP contribution in [-0.4, -0.2) is 30.5 Å². The van der Waals surface area contributed by atoms with Crippen LogP contribution in [0.1, 0.15) is 46.0 Å². The van der Waals surface area contributed by atoms with E-state index in [4.69, 9.17) is 10.5 Å². The van der Waals surface area contributed by atoms with Crippen molar-refractivity contribution in [2.45, 2.75) is 51.6 Å². The van der Waals surface area contributed by atoms with Gasteiger partial charge in [-0.3, -0.25) is 0 Å². The second-order valence-corrected chi connectivity index (χ2v) is 6.48. The molecule has 0 aromatic carbocycles. The van der Waals surface area contributed by atoms with Crippen molar-refractivity contribution in [3.63, 3.8) is 0 Å². The molecule has 100 valence electrons. The highest BCUT2D eigenvalue weighted by Crippen LogP contribution is 2.50. The average molecular weight is 241 g/mol. The lowest BCUT2D eigenvalue weighted by Gasteiger charge is -2.53. The molecule has 2 unspecified atom stereocenters. The summed E-state index contributed by atoms with van der Waals surface area (Å²) >= 11 is 0. The third-order valence-corrected chi connectivity index (χ3v) is 5.00. The molecule has 0 aromatic rings. The SMILES string of the molecule is CC1CC(C)CC(O)(C2(CN)CCOCC2)C1. The summed E-state index contributed by atoms with van der Waals surface area (Å²) in [5, 5.41) is 11.2. The lowest BCUT2D eigenvalue weighted by atomic mass is 9.58. The van der Waals surface area contributed by atoms with Crippen molar-refractivity contribution in [3.8, 4) is 0 Å². The summed E-state index contributed by atoms with van der Waals surface area (Å²) in [4.78, 5) is 0. The molecule has 0 spiro atoms. The minimum absolute atomic E-state index is 0.103. The zero-order chi connectivity index (χ0) is 12.5. The largest absolute Gasteiger partial charge is 0.389 e. The minimum Gasteiger partial charge on any atom is -0.389 e. The highest BCUT2D eigenvalue weighted by molar-refractivity contribution is 5.04. The molecule has 0 aromatic heterocycles. The fourth-order valence-electron chi connectivity index (χ4n) is 4.14.